The zero-order chi connectivity index (χ0) is 30.8. The number of alkyl halides is 1. The molecule has 0 radical (unpaired) electrons. The van der Waals surface area contributed by atoms with Crippen LogP contribution in [0.4, 0.5) is 4.39 Å². The summed E-state index contributed by atoms with van der Waals surface area (Å²) in [5.74, 6) is 1.54. The van der Waals surface area contributed by atoms with E-state index in [1.54, 1.807) is 30.3 Å². The van der Waals surface area contributed by atoms with Gasteiger partial charge in [0, 0.05) is 24.6 Å². The van der Waals surface area contributed by atoms with E-state index < -0.39 is 12.3 Å². The number of aromatic hydroxyl groups is 1. The number of carbonyl (C=O) groups is 1. The van der Waals surface area contributed by atoms with Gasteiger partial charge in [-0.1, -0.05) is 45.1 Å². The number of carbonyl (C=O) groups excluding carboxylic acids is 1. The number of aliphatic hydroxyl groups excluding tert-OH is 1. The van der Waals surface area contributed by atoms with E-state index in [-0.39, 0.29) is 28.9 Å². The molecule has 236 valence electrons. The zero-order valence-corrected chi connectivity index (χ0v) is 26.3. The molecule has 6 heteroatoms. The molecule has 2 N–H and O–H groups in total. The highest BCUT2D eigenvalue weighted by Gasteiger charge is 2.59. The van der Waals surface area contributed by atoms with Gasteiger partial charge in [0.25, 0.3) is 5.91 Å². The van der Waals surface area contributed by atoms with Gasteiger partial charge in [-0.3, -0.25) is 4.79 Å². The summed E-state index contributed by atoms with van der Waals surface area (Å²) in [5.41, 5.74) is 3.01. The van der Waals surface area contributed by atoms with Gasteiger partial charge in [0.05, 0.1) is 17.7 Å². The molecule has 3 saturated carbocycles. The first-order chi connectivity index (χ1) is 21.3. The fourth-order valence-electron chi connectivity index (χ4n) is 9.75. The van der Waals surface area contributed by atoms with E-state index in [1.165, 1.54) is 32.1 Å². The summed E-state index contributed by atoms with van der Waals surface area (Å²) in [6, 6.07) is 14.6. The number of rotatable bonds is 9. The molecule has 4 aliphatic carbocycles. The maximum Gasteiger partial charge on any atom is 0.253 e. The van der Waals surface area contributed by atoms with E-state index in [1.807, 2.05) is 17.0 Å². The Hall–Kier alpha value is -2.91. The average molecular weight is 601 g/mol. The van der Waals surface area contributed by atoms with Gasteiger partial charge in [-0.2, -0.15) is 5.26 Å². The van der Waals surface area contributed by atoms with Crippen molar-refractivity contribution in [2.24, 2.45) is 29.1 Å². The Morgan fingerprint density at radius 3 is 2.57 bits per heavy atom. The minimum absolute atomic E-state index is 0.0573. The van der Waals surface area contributed by atoms with E-state index >= 15 is 4.39 Å². The topological polar surface area (TPSA) is 84.6 Å². The lowest BCUT2D eigenvalue weighted by Gasteiger charge is -2.54. The third kappa shape index (κ3) is 6.14. The molecule has 1 amide bonds. The SMILES string of the molecule is C[C@]12C[C@H](F)C3c4ccc(O)cc4C[C@@H](CCCCCN(CC4CCCCC4)C(=O)c4ccc(C#N)cc4)C3C1CC[C@@H]2O. The number of unbranched alkanes of at least 4 members (excludes halogenated alkanes) is 2. The van der Waals surface area contributed by atoms with Crippen molar-refractivity contribution in [1.29, 1.82) is 5.26 Å². The summed E-state index contributed by atoms with van der Waals surface area (Å²) in [7, 11) is 0. The summed E-state index contributed by atoms with van der Waals surface area (Å²) >= 11 is 0. The number of nitriles is 1. The van der Waals surface area contributed by atoms with Crippen LogP contribution in [0, 0.1) is 40.4 Å². The van der Waals surface area contributed by atoms with Crippen LogP contribution in [-0.2, 0) is 6.42 Å². The minimum Gasteiger partial charge on any atom is -0.508 e. The summed E-state index contributed by atoms with van der Waals surface area (Å²) in [4.78, 5) is 15.6. The fourth-order valence-corrected chi connectivity index (χ4v) is 9.75. The highest BCUT2D eigenvalue weighted by atomic mass is 19.1. The van der Waals surface area contributed by atoms with Crippen LogP contribution in [-0.4, -0.2) is 46.4 Å². The van der Waals surface area contributed by atoms with Crippen LogP contribution in [0.3, 0.4) is 0 Å². The maximum atomic E-state index is 16.1. The number of fused-ring (bicyclic) bond motifs is 5. The lowest BCUT2D eigenvalue weighted by atomic mass is 9.51. The lowest BCUT2D eigenvalue weighted by Crippen LogP contribution is -2.51. The third-order valence-electron chi connectivity index (χ3n) is 12.0. The predicted octanol–water partition coefficient (Wildman–Crippen LogP) is 7.94. The molecule has 44 heavy (non-hydrogen) atoms. The van der Waals surface area contributed by atoms with E-state index in [2.05, 4.69) is 13.0 Å². The minimum atomic E-state index is -0.985. The molecular weight excluding hydrogens is 551 g/mol. The van der Waals surface area contributed by atoms with Gasteiger partial charge in [0.1, 0.15) is 11.9 Å². The van der Waals surface area contributed by atoms with E-state index in [0.29, 0.717) is 35.3 Å². The number of aliphatic hydroxyl groups is 1. The quantitative estimate of drug-likeness (QED) is 0.286. The molecule has 3 unspecified atom stereocenters. The van der Waals surface area contributed by atoms with Crippen LogP contribution >= 0.6 is 0 Å². The molecule has 2 aromatic rings. The molecule has 0 saturated heterocycles. The standard InChI is InChI=1S/C38H49FN2O3/c1-38-22-33(39)36-31-16-15-30(42)21-29(31)20-28(35(36)32(38)17-18-34(38)43)10-6-3-7-19-41(24-26-8-4-2-5-9-26)37(44)27-13-11-25(23-40)12-14-27/h11-16,21,26,28,32-36,42-43H,2-10,17-20,22,24H2,1H3/t28-,32?,33+,34+,35?,36?,38+/m1/s1. The van der Waals surface area contributed by atoms with Gasteiger partial charge in [-0.25, -0.2) is 4.39 Å². The first-order valence-corrected chi connectivity index (χ1v) is 17.2. The fraction of sp³-hybridized carbons (Fsp3) is 0.632. The molecule has 6 rings (SSSR count). The van der Waals surface area contributed by atoms with Crippen molar-refractivity contribution in [2.45, 2.75) is 109 Å². The van der Waals surface area contributed by atoms with Crippen molar-refractivity contribution in [3.05, 3.63) is 64.7 Å². The molecule has 3 fully saturated rings. The molecule has 2 aromatic carbocycles. The Labute approximate surface area is 262 Å². The molecule has 0 heterocycles. The van der Waals surface area contributed by atoms with Crippen LogP contribution in [0.25, 0.3) is 0 Å². The van der Waals surface area contributed by atoms with Crippen LogP contribution in [0.15, 0.2) is 42.5 Å². The highest BCUT2D eigenvalue weighted by molar-refractivity contribution is 5.94. The Balaban J connectivity index is 1.12. The molecule has 0 aromatic heterocycles. The van der Waals surface area contributed by atoms with Crippen molar-refractivity contribution >= 4 is 5.91 Å². The zero-order valence-electron chi connectivity index (χ0n) is 26.3. The molecular formula is C38H49FN2O3. The first-order valence-electron chi connectivity index (χ1n) is 17.2. The van der Waals surface area contributed by atoms with Gasteiger partial charge in [-0.15, -0.1) is 0 Å². The molecule has 0 spiro atoms. The summed E-state index contributed by atoms with van der Waals surface area (Å²) < 4.78 is 16.1. The van der Waals surface area contributed by atoms with E-state index in [9.17, 15) is 20.3 Å². The lowest BCUT2D eigenvalue weighted by molar-refractivity contribution is -0.0722. The smallest absolute Gasteiger partial charge is 0.253 e. The van der Waals surface area contributed by atoms with E-state index in [4.69, 9.17) is 0 Å². The second-order valence-corrected chi connectivity index (χ2v) is 14.7. The number of phenolic OH excluding ortho intramolecular Hbond substituents is 1. The van der Waals surface area contributed by atoms with E-state index in [0.717, 1.165) is 69.2 Å². The number of phenols is 1. The van der Waals surface area contributed by atoms with Crippen LogP contribution in [0.5, 0.6) is 5.75 Å². The number of hydrogen-bond acceptors (Lipinski definition) is 4. The third-order valence-corrected chi connectivity index (χ3v) is 12.0. The van der Waals surface area contributed by atoms with Crippen molar-refractivity contribution in [2.75, 3.05) is 13.1 Å². The van der Waals surface area contributed by atoms with Crippen molar-refractivity contribution in [1.82, 2.24) is 4.90 Å². The number of nitrogens with zero attached hydrogens (tertiary/aromatic N) is 2. The maximum absolute atomic E-state index is 16.1. The number of benzene rings is 2. The van der Waals surface area contributed by atoms with Gasteiger partial charge < -0.3 is 15.1 Å². The highest BCUT2D eigenvalue weighted by Crippen LogP contribution is 2.63. The Morgan fingerprint density at radius 2 is 1.82 bits per heavy atom. The van der Waals surface area contributed by atoms with Gasteiger partial charge >= 0.3 is 0 Å². The largest absolute Gasteiger partial charge is 0.508 e. The second-order valence-electron chi connectivity index (χ2n) is 14.7. The Kier molecular flexibility index (Phi) is 9.34. The molecule has 0 aliphatic heterocycles. The monoisotopic (exact) mass is 600 g/mol. The van der Waals surface area contributed by atoms with Crippen LogP contribution in [0.2, 0.25) is 0 Å². The number of amides is 1. The summed E-state index contributed by atoms with van der Waals surface area (Å²) in [5, 5.41) is 30.4. The van der Waals surface area contributed by atoms with Crippen molar-refractivity contribution < 1.29 is 19.4 Å². The molecule has 5 nitrogen and oxygen atoms in total. The molecule has 7 atom stereocenters. The summed E-state index contributed by atoms with van der Waals surface area (Å²) in [6.45, 7) is 3.64. The molecule has 4 aliphatic rings. The second kappa shape index (κ2) is 13.2. The Bertz CT molecular complexity index is 1350. The van der Waals surface area contributed by atoms with Crippen LogP contribution in [0.1, 0.15) is 117 Å². The normalized spacial score (nSPS) is 31.4. The predicted molar refractivity (Wildman–Crippen MR) is 170 cm³/mol. The van der Waals surface area contributed by atoms with Gasteiger partial charge in [-0.05, 0) is 128 Å². The number of halogens is 1. The van der Waals surface area contributed by atoms with Crippen molar-refractivity contribution in [3.8, 4) is 11.8 Å². The molecule has 0 bridgehead atoms. The average Bonchev–Trinajstić information content (AvgIpc) is 3.33. The first kappa shape index (κ1) is 31.1. The van der Waals surface area contributed by atoms with Crippen molar-refractivity contribution in [3.63, 3.8) is 0 Å². The Morgan fingerprint density at radius 1 is 1.05 bits per heavy atom. The van der Waals surface area contributed by atoms with Crippen LogP contribution < -0.4 is 0 Å². The summed E-state index contributed by atoms with van der Waals surface area (Å²) in [6.07, 6.45) is 11.7. The van der Waals surface area contributed by atoms with Gasteiger partial charge in [0.15, 0.2) is 0 Å². The van der Waals surface area contributed by atoms with Gasteiger partial charge in [0.2, 0.25) is 0 Å². The number of hydrogen-bond donors (Lipinski definition) is 2.